The van der Waals surface area contributed by atoms with Gasteiger partial charge in [-0.05, 0) is 66.3 Å². The highest BCUT2D eigenvalue weighted by Crippen LogP contribution is 2.43. The van der Waals surface area contributed by atoms with Crippen molar-refractivity contribution in [2.24, 2.45) is 0 Å². The Labute approximate surface area is 167 Å². The number of thioether (sulfide) groups is 2. The van der Waals surface area contributed by atoms with Crippen LogP contribution in [0.3, 0.4) is 0 Å². The Bertz CT molecular complexity index is 814. The summed E-state index contributed by atoms with van der Waals surface area (Å²) in [4.78, 5) is 26.0. The van der Waals surface area contributed by atoms with E-state index >= 15 is 0 Å². The maximum atomic E-state index is 12.4. The van der Waals surface area contributed by atoms with Gasteiger partial charge in [0.25, 0.3) is 0 Å². The molecule has 140 valence electrons. The summed E-state index contributed by atoms with van der Waals surface area (Å²) in [5, 5.41) is 0. The van der Waals surface area contributed by atoms with Crippen molar-refractivity contribution in [3.8, 4) is 5.75 Å². The van der Waals surface area contributed by atoms with Gasteiger partial charge in [0.1, 0.15) is 5.75 Å². The van der Waals surface area contributed by atoms with E-state index in [4.69, 9.17) is 4.74 Å². The average molecular weight is 400 g/mol. The molecule has 0 atom stereocenters. The van der Waals surface area contributed by atoms with Crippen LogP contribution in [0.5, 0.6) is 5.75 Å². The van der Waals surface area contributed by atoms with E-state index in [9.17, 15) is 9.59 Å². The van der Waals surface area contributed by atoms with Crippen LogP contribution in [0.1, 0.15) is 39.8 Å². The molecule has 2 saturated heterocycles. The Balaban J connectivity index is 1.39. The minimum absolute atomic E-state index is 0.147. The van der Waals surface area contributed by atoms with Gasteiger partial charge in [-0.2, -0.15) is 0 Å². The van der Waals surface area contributed by atoms with Gasteiger partial charge in [-0.1, -0.05) is 12.1 Å². The van der Waals surface area contributed by atoms with Crippen LogP contribution in [0.2, 0.25) is 0 Å². The van der Waals surface area contributed by atoms with E-state index in [0.29, 0.717) is 22.3 Å². The van der Waals surface area contributed by atoms with Crippen molar-refractivity contribution in [2.45, 2.75) is 23.8 Å². The second-order valence-electron chi connectivity index (χ2n) is 6.58. The van der Waals surface area contributed by atoms with Crippen LogP contribution in [0, 0.1) is 0 Å². The summed E-state index contributed by atoms with van der Waals surface area (Å²) in [5.41, 5.74) is 2.65. The molecule has 0 radical (unpaired) electrons. The monoisotopic (exact) mass is 399 g/mol. The largest absolute Gasteiger partial charge is 0.423 e. The average Bonchev–Trinajstić information content (AvgIpc) is 3.15. The summed E-state index contributed by atoms with van der Waals surface area (Å²) in [7, 11) is 0. The zero-order chi connectivity index (χ0) is 18.6. The highest BCUT2D eigenvalue weighted by Gasteiger charge is 2.22. The Morgan fingerprint density at radius 1 is 0.963 bits per heavy atom. The standard InChI is InChI=1S/C21H21NO3S2/c23-19-3-1-12-22(19)17-8-10-18(11-9-17)25-20(24)15-4-6-16(7-5-15)21-26-13-2-14-27-21/h4-11,21H,1-3,12-14H2. The fraction of sp³-hybridized carbons (Fsp3) is 0.333. The van der Waals surface area contributed by atoms with E-state index in [1.807, 2.05) is 59.9 Å². The van der Waals surface area contributed by atoms with Crippen LogP contribution in [-0.2, 0) is 4.79 Å². The summed E-state index contributed by atoms with van der Waals surface area (Å²) < 4.78 is 5.94. The number of carbonyl (C=O) groups is 2. The fourth-order valence-electron chi connectivity index (χ4n) is 3.24. The molecule has 0 spiro atoms. The van der Waals surface area contributed by atoms with Gasteiger partial charge in [-0.15, -0.1) is 23.5 Å². The first-order chi connectivity index (χ1) is 13.2. The van der Waals surface area contributed by atoms with Crippen LogP contribution in [0.4, 0.5) is 5.69 Å². The third kappa shape index (κ3) is 4.33. The van der Waals surface area contributed by atoms with Gasteiger partial charge < -0.3 is 9.64 Å². The molecular formula is C21H21NO3S2. The maximum Gasteiger partial charge on any atom is 0.343 e. The van der Waals surface area contributed by atoms with Crippen LogP contribution in [0.15, 0.2) is 48.5 Å². The SMILES string of the molecule is O=C(Oc1ccc(N2CCCC2=O)cc1)c1ccc(C2SCCCS2)cc1. The molecule has 0 saturated carbocycles. The number of esters is 1. The van der Waals surface area contributed by atoms with E-state index in [1.54, 1.807) is 17.0 Å². The molecule has 2 aliphatic heterocycles. The predicted octanol–water partition coefficient (Wildman–Crippen LogP) is 4.90. The lowest BCUT2D eigenvalue weighted by Crippen LogP contribution is -2.23. The topological polar surface area (TPSA) is 46.6 Å². The number of hydrogen-bond donors (Lipinski definition) is 0. The molecule has 6 heteroatoms. The van der Waals surface area contributed by atoms with E-state index < -0.39 is 0 Å². The molecule has 0 aromatic heterocycles. The van der Waals surface area contributed by atoms with Crippen LogP contribution in [-0.4, -0.2) is 29.9 Å². The number of amides is 1. The lowest BCUT2D eigenvalue weighted by atomic mass is 10.1. The molecule has 2 aromatic rings. The number of carbonyl (C=O) groups excluding carboxylic acids is 2. The molecule has 0 unspecified atom stereocenters. The van der Waals surface area contributed by atoms with Crippen molar-refractivity contribution < 1.29 is 14.3 Å². The quantitative estimate of drug-likeness (QED) is 0.540. The van der Waals surface area contributed by atoms with Crippen molar-refractivity contribution in [1.29, 1.82) is 0 Å². The van der Waals surface area contributed by atoms with Crippen LogP contribution >= 0.6 is 23.5 Å². The molecule has 1 amide bonds. The molecule has 27 heavy (non-hydrogen) atoms. The van der Waals surface area contributed by atoms with Crippen molar-refractivity contribution in [3.05, 3.63) is 59.7 Å². The number of hydrogen-bond acceptors (Lipinski definition) is 5. The van der Waals surface area contributed by atoms with E-state index in [2.05, 4.69) is 0 Å². The van der Waals surface area contributed by atoms with Crippen LogP contribution in [0.25, 0.3) is 0 Å². The van der Waals surface area contributed by atoms with Gasteiger partial charge in [0.2, 0.25) is 5.91 Å². The highest BCUT2D eigenvalue weighted by molar-refractivity contribution is 8.16. The molecule has 2 fully saturated rings. The van der Waals surface area contributed by atoms with Crippen molar-refractivity contribution in [3.63, 3.8) is 0 Å². The Hall–Kier alpha value is -1.92. The lowest BCUT2D eigenvalue weighted by molar-refractivity contribution is -0.117. The Morgan fingerprint density at radius 3 is 2.30 bits per heavy atom. The summed E-state index contributed by atoms with van der Waals surface area (Å²) in [6.45, 7) is 0.752. The molecule has 4 rings (SSSR count). The maximum absolute atomic E-state index is 12.4. The molecule has 2 aromatic carbocycles. The smallest absolute Gasteiger partial charge is 0.343 e. The van der Waals surface area contributed by atoms with Gasteiger partial charge in [-0.25, -0.2) is 4.79 Å². The summed E-state index contributed by atoms with van der Waals surface area (Å²) in [5.74, 6) is 2.66. The summed E-state index contributed by atoms with van der Waals surface area (Å²) in [6, 6.07) is 14.8. The molecule has 2 heterocycles. The van der Waals surface area contributed by atoms with Gasteiger partial charge in [0.15, 0.2) is 0 Å². The Morgan fingerprint density at radius 2 is 1.67 bits per heavy atom. The van der Waals surface area contributed by atoms with Crippen molar-refractivity contribution in [2.75, 3.05) is 23.0 Å². The first-order valence-corrected chi connectivity index (χ1v) is 11.3. The predicted molar refractivity (Wildman–Crippen MR) is 112 cm³/mol. The van der Waals surface area contributed by atoms with Gasteiger partial charge >= 0.3 is 5.97 Å². The zero-order valence-corrected chi connectivity index (χ0v) is 16.6. The highest BCUT2D eigenvalue weighted by atomic mass is 32.2. The molecule has 2 aliphatic rings. The number of anilines is 1. The molecule has 0 N–H and O–H groups in total. The lowest BCUT2D eigenvalue weighted by Gasteiger charge is -2.21. The van der Waals surface area contributed by atoms with Gasteiger partial charge in [-0.3, -0.25) is 4.79 Å². The zero-order valence-electron chi connectivity index (χ0n) is 14.9. The minimum atomic E-state index is -0.365. The molecule has 4 nitrogen and oxygen atoms in total. The van der Waals surface area contributed by atoms with Gasteiger partial charge in [0, 0.05) is 18.7 Å². The first kappa shape index (κ1) is 18.4. The number of nitrogens with zero attached hydrogens (tertiary/aromatic N) is 1. The van der Waals surface area contributed by atoms with E-state index in [0.717, 1.165) is 18.7 Å². The molecular weight excluding hydrogens is 378 g/mol. The number of rotatable bonds is 4. The molecule has 0 bridgehead atoms. The summed E-state index contributed by atoms with van der Waals surface area (Å²) in [6.07, 6.45) is 2.76. The second-order valence-corrected chi connectivity index (χ2v) is 9.31. The third-order valence-corrected chi connectivity index (χ3v) is 7.69. The molecule has 0 aliphatic carbocycles. The second kappa shape index (κ2) is 8.40. The van der Waals surface area contributed by atoms with Crippen molar-refractivity contribution >= 4 is 41.1 Å². The number of benzene rings is 2. The van der Waals surface area contributed by atoms with Crippen molar-refractivity contribution in [1.82, 2.24) is 0 Å². The minimum Gasteiger partial charge on any atom is -0.423 e. The fourth-order valence-corrected chi connectivity index (χ4v) is 6.13. The van der Waals surface area contributed by atoms with E-state index in [1.165, 1.54) is 23.5 Å². The number of ether oxygens (including phenoxy) is 1. The summed E-state index contributed by atoms with van der Waals surface area (Å²) >= 11 is 3.93. The van der Waals surface area contributed by atoms with E-state index in [-0.39, 0.29) is 11.9 Å². The Kier molecular flexibility index (Phi) is 5.74. The first-order valence-electron chi connectivity index (χ1n) is 9.16. The normalized spacial score (nSPS) is 17.9. The van der Waals surface area contributed by atoms with Gasteiger partial charge in [0.05, 0.1) is 10.1 Å². The third-order valence-electron chi connectivity index (χ3n) is 4.68. The van der Waals surface area contributed by atoms with Crippen LogP contribution < -0.4 is 9.64 Å².